The first-order valence-electron chi connectivity index (χ1n) is 14.7. The van der Waals surface area contributed by atoms with Gasteiger partial charge < -0.3 is 14.9 Å². The lowest BCUT2D eigenvalue weighted by Gasteiger charge is -2.33. The van der Waals surface area contributed by atoms with E-state index in [1.54, 1.807) is 0 Å². The Morgan fingerprint density at radius 3 is 2.62 bits per heavy atom. The maximum Gasteiger partial charge on any atom is 0.258 e. The Morgan fingerprint density at radius 2 is 1.81 bits per heavy atom. The van der Waals surface area contributed by atoms with Crippen molar-refractivity contribution in [1.29, 1.82) is 0 Å². The summed E-state index contributed by atoms with van der Waals surface area (Å²) in [6.07, 6.45) is 15.4. The van der Waals surface area contributed by atoms with E-state index in [0.29, 0.717) is 18.4 Å². The fraction of sp³-hybridized carbons (Fsp3) is 0.545. The van der Waals surface area contributed by atoms with E-state index in [4.69, 9.17) is 0 Å². The maximum absolute atomic E-state index is 13.7. The summed E-state index contributed by atoms with van der Waals surface area (Å²) in [5, 5.41) is 9.44. The minimum atomic E-state index is 0.0632. The maximum atomic E-state index is 13.7. The highest BCUT2D eigenvalue weighted by atomic mass is 16.3. The Kier molecular flexibility index (Phi) is 8.34. The van der Waals surface area contributed by atoms with Gasteiger partial charge in [-0.3, -0.25) is 4.79 Å². The summed E-state index contributed by atoms with van der Waals surface area (Å²) in [6, 6.07) is 13.0. The standard InChI is InChI=1S/C33H44N2O2/c1-3-35-20-18-30(26-11-7-8-24(12-13-26)19-21-36)31-23-28(15-17-32(31)35)33(37)34(2)29-16-14-25-9-5-4-6-10-27(25)22-29/h14-18,22-24,26,36H,3-13,19-21H2,1-2H3. The van der Waals surface area contributed by atoms with Crippen LogP contribution in [0, 0.1) is 11.8 Å². The van der Waals surface area contributed by atoms with E-state index in [-0.39, 0.29) is 5.91 Å². The van der Waals surface area contributed by atoms with Gasteiger partial charge in [0.2, 0.25) is 0 Å². The van der Waals surface area contributed by atoms with Gasteiger partial charge in [-0.1, -0.05) is 31.4 Å². The van der Waals surface area contributed by atoms with Gasteiger partial charge >= 0.3 is 0 Å². The van der Waals surface area contributed by atoms with Crippen molar-refractivity contribution in [2.24, 2.45) is 11.8 Å². The molecular formula is C33H44N2O2. The molecule has 0 bridgehead atoms. The van der Waals surface area contributed by atoms with Crippen molar-refractivity contribution < 1.29 is 9.90 Å². The third-order valence-corrected chi connectivity index (χ3v) is 9.15. The number of benzene rings is 2. The third-order valence-electron chi connectivity index (χ3n) is 9.15. The molecule has 0 aromatic heterocycles. The SMILES string of the molecule is CCN1CC=C(C2CCCC(CCO)CC2)c2cc(C(=O)N(C)c3ccc4c(c3)CCCCC4)ccc21. The number of aryl methyl sites for hydroxylation is 2. The molecule has 1 saturated carbocycles. The number of hydrogen-bond acceptors (Lipinski definition) is 3. The van der Waals surface area contributed by atoms with Crippen LogP contribution in [-0.2, 0) is 12.8 Å². The third kappa shape index (κ3) is 5.65. The Balaban J connectivity index is 1.41. The zero-order valence-electron chi connectivity index (χ0n) is 22.8. The number of nitrogens with zero attached hydrogens (tertiary/aromatic N) is 2. The van der Waals surface area contributed by atoms with Crippen LogP contribution in [0.3, 0.4) is 0 Å². The van der Waals surface area contributed by atoms with E-state index in [9.17, 15) is 9.90 Å². The smallest absolute Gasteiger partial charge is 0.258 e. The molecule has 4 nitrogen and oxygen atoms in total. The molecular weight excluding hydrogens is 456 g/mol. The number of likely N-dealkylation sites (N-methyl/N-ethyl adjacent to an activating group) is 1. The molecule has 1 aliphatic heterocycles. The van der Waals surface area contributed by atoms with Crippen LogP contribution in [0.25, 0.3) is 5.57 Å². The largest absolute Gasteiger partial charge is 0.396 e. The normalized spacial score (nSPS) is 21.8. The second kappa shape index (κ2) is 11.9. The first-order chi connectivity index (χ1) is 18.1. The van der Waals surface area contributed by atoms with E-state index < -0.39 is 0 Å². The predicted molar refractivity (Wildman–Crippen MR) is 155 cm³/mol. The van der Waals surface area contributed by atoms with Gasteiger partial charge in [-0.15, -0.1) is 0 Å². The summed E-state index contributed by atoms with van der Waals surface area (Å²) in [5.74, 6) is 1.25. The average molecular weight is 501 g/mol. The van der Waals surface area contributed by atoms with Crippen molar-refractivity contribution in [3.63, 3.8) is 0 Å². The van der Waals surface area contributed by atoms with Crippen LogP contribution in [-0.4, -0.2) is 37.8 Å². The molecule has 0 saturated heterocycles. The van der Waals surface area contributed by atoms with Crippen molar-refractivity contribution in [2.45, 2.75) is 77.6 Å². The molecule has 1 heterocycles. The molecule has 4 heteroatoms. The Labute approximate surface area is 223 Å². The highest BCUT2D eigenvalue weighted by Gasteiger charge is 2.28. The zero-order chi connectivity index (χ0) is 25.8. The quantitative estimate of drug-likeness (QED) is 0.342. The van der Waals surface area contributed by atoms with E-state index in [1.165, 1.54) is 79.3 Å². The minimum Gasteiger partial charge on any atom is -0.396 e. The van der Waals surface area contributed by atoms with Gasteiger partial charge in [0.25, 0.3) is 5.91 Å². The number of rotatable bonds is 6. The molecule has 5 rings (SSSR count). The van der Waals surface area contributed by atoms with Crippen molar-refractivity contribution in [3.8, 4) is 0 Å². The Bertz CT molecular complexity index is 1140. The van der Waals surface area contributed by atoms with Gasteiger partial charge in [0, 0.05) is 49.2 Å². The van der Waals surface area contributed by atoms with Crippen LogP contribution in [0.2, 0.25) is 0 Å². The second-order valence-corrected chi connectivity index (χ2v) is 11.4. The van der Waals surface area contributed by atoms with Gasteiger partial charge in [0.05, 0.1) is 0 Å². The lowest BCUT2D eigenvalue weighted by molar-refractivity contribution is 0.0993. The van der Waals surface area contributed by atoms with E-state index in [2.05, 4.69) is 48.2 Å². The van der Waals surface area contributed by atoms with E-state index >= 15 is 0 Å². The monoisotopic (exact) mass is 500 g/mol. The molecule has 37 heavy (non-hydrogen) atoms. The van der Waals surface area contributed by atoms with Gasteiger partial charge in [-0.05, 0) is 117 Å². The highest BCUT2D eigenvalue weighted by Crippen LogP contribution is 2.42. The zero-order valence-corrected chi connectivity index (χ0v) is 22.8. The van der Waals surface area contributed by atoms with Gasteiger partial charge in [0.15, 0.2) is 0 Å². The predicted octanol–water partition coefficient (Wildman–Crippen LogP) is 7.03. The van der Waals surface area contributed by atoms with Crippen LogP contribution in [0.5, 0.6) is 0 Å². The average Bonchev–Trinajstić information content (AvgIpc) is 3.32. The lowest BCUT2D eigenvalue weighted by atomic mass is 9.83. The molecule has 2 aromatic carbocycles. The van der Waals surface area contributed by atoms with Crippen molar-refractivity contribution in [2.75, 3.05) is 36.5 Å². The number of hydrogen-bond donors (Lipinski definition) is 1. The van der Waals surface area contributed by atoms with E-state index in [1.807, 2.05) is 18.0 Å². The fourth-order valence-electron chi connectivity index (χ4n) is 6.86. The molecule has 1 fully saturated rings. The first kappa shape index (κ1) is 26.0. The van der Waals surface area contributed by atoms with Crippen molar-refractivity contribution in [1.82, 2.24) is 0 Å². The topological polar surface area (TPSA) is 43.8 Å². The van der Waals surface area contributed by atoms with Gasteiger partial charge in [0.1, 0.15) is 0 Å². The second-order valence-electron chi connectivity index (χ2n) is 11.4. The van der Waals surface area contributed by atoms with Crippen LogP contribution in [0.1, 0.15) is 91.8 Å². The number of fused-ring (bicyclic) bond motifs is 2. The van der Waals surface area contributed by atoms with Crippen molar-refractivity contribution in [3.05, 3.63) is 64.7 Å². The molecule has 2 aliphatic carbocycles. The minimum absolute atomic E-state index is 0.0632. The van der Waals surface area contributed by atoms with Crippen LogP contribution >= 0.6 is 0 Å². The number of aliphatic hydroxyl groups is 1. The van der Waals surface area contributed by atoms with Crippen molar-refractivity contribution >= 4 is 22.9 Å². The number of allylic oxidation sites excluding steroid dienone is 1. The Hall–Kier alpha value is -2.59. The number of anilines is 2. The summed E-state index contributed by atoms with van der Waals surface area (Å²) in [4.78, 5) is 18.0. The summed E-state index contributed by atoms with van der Waals surface area (Å²) in [6.45, 7) is 4.41. The molecule has 2 unspecified atom stereocenters. The van der Waals surface area contributed by atoms with Crippen LogP contribution < -0.4 is 9.80 Å². The summed E-state index contributed by atoms with van der Waals surface area (Å²) < 4.78 is 0. The summed E-state index contributed by atoms with van der Waals surface area (Å²) >= 11 is 0. The fourth-order valence-corrected chi connectivity index (χ4v) is 6.86. The van der Waals surface area contributed by atoms with E-state index in [0.717, 1.165) is 43.6 Å². The van der Waals surface area contributed by atoms with Gasteiger partial charge in [-0.2, -0.15) is 0 Å². The number of amides is 1. The molecule has 198 valence electrons. The molecule has 0 spiro atoms. The van der Waals surface area contributed by atoms with Crippen LogP contribution in [0.4, 0.5) is 11.4 Å². The molecule has 2 aromatic rings. The molecule has 2 atom stereocenters. The molecule has 1 N–H and O–H groups in total. The molecule has 0 radical (unpaired) electrons. The number of carbonyl (C=O) groups is 1. The van der Waals surface area contributed by atoms with Gasteiger partial charge in [-0.25, -0.2) is 0 Å². The first-order valence-corrected chi connectivity index (χ1v) is 14.7. The molecule has 3 aliphatic rings. The lowest BCUT2D eigenvalue weighted by Crippen LogP contribution is -2.29. The Morgan fingerprint density at radius 1 is 0.973 bits per heavy atom. The van der Waals surface area contributed by atoms with Crippen LogP contribution in [0.15, 0.2) is 42.5 Å². The summed E-state index contributed by atoms with van der Waals surface area (Å²) in [5.41, 5.74) is 8.58. The summed E-state index contributed by atoms with van der Waals surface area (Å²) in [7, 11) is 1.92. The number of carbonyl (C=O) groups excluding carboxylic acids is 1. The number of aliphatic hydroxyl groups excluding tert-OH is 1. The highest BCUT2D eigenvalue weighted by molar-refractivity contribution is 6.07. The molecule has 1 amide bonds.